The van der Waals surface area contributed by atoms with E-state index in [1.165, 1.54) is 21.2 Å². The first-order valence-corrected chi connectivity index (χ1v) is 6.47. The lowest BCUT2D eigenvalue weighted by Gasteiger charge is -2.11. The topological polar surface area (TPSA) is 26.0 Å². The Balaban J connectivity index is 2.60. The molecule has 0 aliphatic rings. The molecule has 0 radical (unpaired) electrons. The van der Waals surface area contributed by atoms with Gasteiger partial charge in [-0.25, -0.2) is 0 Å². The fourth-order valence-electron chi connectivity index (χ4n) is 1.87. The van der Waals surface area contributed by atoms with Crippen LogP contribution in [0.2, 0.25) is 0 Å². The van der Waals surface area contributed by atoms with Gasteiger partial charge in [-0.15, -0.1) is 11.8 Å². The predicted octanol–water partition coefficient (Wildman–Crippen LogP) is 3.80. The summed E-state index contributed by atoms with van der Waals surface area (Å²) in [6.45, 7) is 5.04. The van der Waals surface area contributed by atoms with E-state index in [2.05, 4.69) is 50.2 Å². The van der Waals surface area contributed by atoms with Crippen LogP contribution in [0.5, 0.6) is 0 Å². The van der Waals surface area contributed by atoms with Crippen LogP contribution in [-0.4, -0.2) is 5.25 Å². The van der Waals surface area contributed by atoms with Gasteiger partial charge in [-0.2, -0.15) is 0 Å². The third kappa shape index (κ3) is 2.23. The molecular formula is C14H17NS. The Labute approximate surface area is 101 Å². The average Bonchev–Trinajstić information content (AvgIpc) is 2.29. The van der Waals surface area contributed by atoms with E-state index in [9.17, 15) is 0 Å². The van der Waals surface area contributed by atoms with Gasteiger partial charge in [0.15, 0.2) is 0 Å². The number of hydrogen-bond donors (Lipinski definition) is 1. The summed E-state index contributed by atoms with van der Waals surface area (Å²) in [6.07, 6.45) is 0. The van der Waals surface area contributed by atoms with Crippen LogP contribution >= 0.6 is 11.8 Å². The molecule has 0 unspecified atom stereocenters. The summed E-state index contributed by atoms with van der Waals surface area (Å²) in [7, 11) is 0. The molecule has 0 aromatic heterocycles. The Bertz CT molecular complexity index is 491. The smallest absolute Gasteiger partial charge is 0.0184 e. The molecule has 16 heavy (non-hydrogen) atoms. The number of fused-ring (bicyclic) bond motifs is 1. The van der Waals surface area contributed by atoms with Crippen LogP contribution in [0.25, 0.3) is 10.8 Å². The molecule has 0 atom stereocenters. The molecule has 0 aliphatic heterocycles. The SMILES string of the molecule is CC(C)Sc1ccc(CN)c2ccccc12. The minimum atomic E-state index is 0.604. The van der Waals surface area contributed by atoms with Crippen LogP contribution in [0.4, 0.5) is 0 Å². The maximum Gasteiger partial charge on any atom is 0.0184 e. The summed E-state index contributed by atoms with van der Waals surface area (Å²) >= 11 is 1.91. The Morgan fingerprint density at radius 3 is 2.38 bits per heavy atom. The molecular weight excluding hydrogens is 214 g/mol. The molecule has 0 heterocycles. The summed E-state index contributed by atoms with van der Waals surface area (Å²) < 4.78 is 0. The van der Waals surface area contributed by atoms with Gasteiger partial charge in [0.1, 0.15) is 0 Å². The number of hydrogen-bond acceptors (Lipinski definition) is 2. The molecule has 2 rings (SSSR count). The average molecular weight is 231 g/mol. The molecule has 0 aliphatic carbocycles. The standard InChI is InChI=1S/C14H17NS/c1-10(2)16-14-8-7-11(9-15)12-5-3-4-6-13(12)14/h3-8,10H,9,15H2,1-2H3. The monoisotopic (exact) mass is 231 g/mol. The van der Waals surface area contributed by atoms with Gasteiger partial charge in [0.05, 0.1) is 0 Å². The highest BCUT2D eigenvalue weighted by Gasteiger charge is 2.06. The van der Waals surface area contributed by atoms with Crippen molar-refractivity contribution in [1.82, 2.24) is 0 Å². The Hall–Kier alpha value is -0.990. The van der Waals surface area contributed by atoms with E-state index in [-0.39, 0.29) is 0 Å². The number of rotatable bonds is 3. The molecule has 2 N–H and O–H groups in total. The molecule has 0 bridgehead atoms. The number of nitrogens with two attached hydrogens (primary N) is 1. The van der Waals surface area contributed by atoms with E-state index in [0.29, 0.717) is 11.8 Å². The summed E-state index contributed by atoms with van der Waals surface area (Å²) in [5.74, 6) is 0. The highest BCUT2D eigenvalue weighted by molar-refractivity contribution is 8.00. The highest BCUT2D eigenvalue weighted by atomic mass is 32.2. The first-order valence-electron chi connectivity index (χ1n) is 5.59. The third-order valence-electron chi connectivity index (χ3n) is 2.56. The Morgan fingerprint density at radius 2 is 1.75 bits per heavy atom. The molecule has 0 spiro atoms. The van der Waals surface area contributed by atoms with Crippen LogP contribution < -0.4 is 5.73 Å². The van der Waals surface area contributed by atoms with Crippen LogP contribution in [0.3, 0.4) is 0 Å². The Kier molecular flexibility index (Phi) is 3.52. The van der Waals surface area contributed by atoms with Gasteiger partial charge in [-0.1, -0.05) is 44.2 Å². The fourth-order valence-corrected chi connectivity index (χ4v) is 2.83. The van der Waals surface area contributed by atoms with Crippen LogP contribution in [0.1, 0.15) is 19.4 Å². The molecule has 0 fully saturated rings. The first-order chi connectivity index (χ1) is 7.72. The Morgan fingerprint density at radius 1 is 1.06 bits per heavy atom. The zero-order valence-corrected chi connectivity index (χ0v) is 10.6. The van der Waals surface area contributed by atoms with Gasteiger partial charge >= 0.3 is 0 Å². The van der Waals surface area contributed by atoms with Crippen molar-refractivity contribution >= 4 is 22.5 Å². The minimum absolute atomic E-state index is 0.604. The second kappa shape index (κ2) is 4.89. The molecule has 2 heteroatoms. The number of thioether (sulfide) groups is 1. The second-order valence-electron chi connectivity index (χ2n) is 4.14. The van der Waals surface area contributed by atoms with E-state index in [1.807, 2.05) is 11.8 Å². The van der Waals surface area contributed by atoms with Crippen LogP contribution in [-0.2, 0) is 6.54 Å². The van der Waals surface area contributed by atoms with E-state index in [4.69, 9.17) is 5.73 Å². The molecule has 2 aromatic rings. The number of benzene rings is 2. The van der Waals surface area contributed by atoms with E-state index >= 15 is 0 Å². The minimum Gasteiger partial charge on any atom is -0.326 e. The van der Waals surface area contributed by atoms with Gasteiger partial charge in [0, 0.05) is 16.7 Å². The lowest BCUT2D eigenvalue weighted by Crippen LogP contribution is -1.98. The molecule has 2 aromatic carbocycles. The van der Waals surface area contributed by atoms with Crippen molar-refractivity contribution in [1.29, 1.82) is 0 Å². The largest absolute Gasteiger partial charge is 0.326 e. The van der Waals surface area contributed by atoms with Crippen molar-refractivity contribution in [2.45, 2.75) is 30.5 Å². The maximum absolute atomic E-state index is 5.76. The van der Waals surface area contributed by atoms with Crippen molar-refractivity contribution in [3.8, 4) is 0 Å². The predicted molar refractivity (Wildman–Crippen MR) is 72.8 cm³/mol. The van der Waals surface area contributed by atoms with Crippen molar-refractivity contribution < 1.29 is 0 Å². The van der Waals surface area contributed by atoms with E-state index < -0.39 is 0 Å². The molecule has 0 amide bonds. The summed E-state index contributed by atoms with van der Waals surface area (Å²) in [5.41, 5.74) is 6.99. The van der Waals surface area contributed by atoms with Gasteiger partial charge in [0.25, 0.3) is 0 Å². The summed E-state index contributed by atoms with van der Waals surface area (Å²) in [5, 5.41) is 3.21. The van der Waals surface area contributed by atoms with Crippen LogP contribution in [0.15, 0.2) is 41.3 Å². The third-order valence-corrected chi connectivity index (χ3v) is 3.64. The lowest BCUT2D eigenvalue weighted by atomic mass is 10.0. The van der Waals surface area contributed by atoms with Gasteiger partial charge in [-0.3, -0.25) is 0 Å². The molecule has 84 valence electrons. The van der Waals surface area contributed by atoms with Gasteiger partial charge < -0.3 is 5.73 Å². The van der Waals surface area contributed by atoms with Crippen molar-refractivity contribution in [2.75, 3.05) is 0 Å². The molecule has 0 saturated heterocycles. The fraction of sp³-hybridized carbons (Fsp3) is 0.286. The van der Waals surface area contributed by atoms with Crippen molar-refractivity contribution in [3.05, 3.63) is 42.0 Å². The lowest BCUT2D eigenvalue weighted by molar-refractivity contribution is 1.08. The van der Waals surface area contributed by atoms with Gasteiger partial charge in [0.2, 0.25) is 0 Å². The highest BCUT2D eigenvalue weighted by Crippen LogP contribution is 2.32. The zero-order valence-electron chi connectivity index (χ0n) is 9.73. The molecule has 1 nitrogen and oxygen atoms in total. The van der Waals surface area contributed by atoms with Crippen LogP contribution in [0, 0.1) is 0 Å². The summed E-state index contributed by atoms with van der Waals surface area (Å²) in [4.78, 5) is 1.35. The second-order valence-corrected chi connectivity index (χ2v) is 5.76. The van der Waals surface area contributed by atoms with E-state index in [1.54, 1.807) is 0 Å². The zero-order chi connectivity index (χ0) is 11.5. The quantitative estimate of drug-likeness (QED) is 0.813. The van der Waals surface area contributed by atoms with Crippen molar-refractivity contribution in [2.24, 2.45) is 5.73 Å². The van der Waals surface area contributed by atoms with Crippen molar-refractivity contribution in [3.63, 3.8) is 0 Å². The normalized spacial score (nSPS) is 11.2. The summed E-state index contributed by atoms with van der Waals surface area (Å²) in [6, 6.07) is 12.8. The maximum atomic E-state index is 5.76. The first kappa shape index (κ1) is 11.5. The molecule has 0 saturated carbocycles. The van der Waals surface area contributed by atoms with Gasteiger partial charge in [-0.05, 0) is 22.4 Å². The van der Waals surface area contributed by atoms with E-state index in [0.717, 1.165) is 0 Å².